The number of amides is 3. The molecule has 0 aromatic heterocycles. The second-order valence-corrected chi connectivity index (χ2v) is 7.90. The van der Waals surface area contributed by atoms with Crippen LogP contribution in [-0.4, -0.2) is 31.3 Å². The Morgan fingerprint density at radius 2 is 1.30 bits per heavy atom. The van der Waals surface area contributed by atoms with E-state index >= 15 is 0 Å². The molecule has 170 valence electrons. The van der Waals surface area contributed by atoms with Crippen LogP contribution in [-0.2, 0) is 9.59 Å². The van der Waals surface area contributed by atoms with Gasteiger partial charge in [-0.25, -0.2) is 0 Å². The zero-order chi connectivity index (χ0) is 23.8. The highest BCUT2D eigenvalue weighted by atomic mass is 16.2. The SMILES string of the molecule is CC(C)C(=O)Nc1ccc(NC(=O)CNc2ccc(C(=O)N(C)c3ccccc3)cc2)cc1. The van der Waals surface area contributed by atoms with Gasteiger partial charge in [-0.3, -0.25) is 14.4 Å². The van der Waals surface area contributed by atoms with Crippen molar-refractivity contribution in [3.8, 4) is 0 Å². The van der Waals surface area contributed by atoms with Crippen molar-refractivity contribution < 1.29 is 14.4 Å². The van der Waals surface area contributed by atoms with E-state index in [4.69, 9.17) is 0 Å². The Balaban J connectivity index is 1.49. The van der Waals surface area contributed by atoms with Gasteiger partial charge in [-0.2, -0.15) is 0 Å². The summed E-state index contributed by atoms with van der Waals surface area (Å²) in [5, 5.41) is 8.66. The van der Waals surface area contributed by atoms with Crippen LogP contribution < -0.4 is 20.9 Å². The zero-order valence-electron chi connectivity index (χ0n) is 19.0. The first-order chi connectivity index (χ1) is 15.8. The summed E-state index contributed by atoms with van der Waals surface area (Å²) in [6.45, 7) is 3.72. The standard InChI is InChI=1S/C26H28N4O3/c1-18(2)25(32)29-22-15-13-21(14-16-22)28-24(31)17-27-20-11-9-19(10-12-20)26(33)30(3)23-7-5-4-6-8-23/h4-16,18,27H,17H2,1-3H3,(H,28,31)(H,29,32). The highest BCUT2D eigenvalue weighted by Gasteiger charge is 2.13. The molecule has 0 radical (unpaired) electrons. The number of rotatable bonds is 8. The van der Waals surface area contributed by atoms with Crippen LogP contribution in [0.4, 0.5) is 22.7 Å². The molecule has 0 aliphatic rings. The average Bonchev–Trinajstić information content (AvgIpc) is 2.84. The van der Waals surface area contributed by atoms with Gasteiger partial charge in [0.2, 0.25) is 11.8 Å². The number of hydrogen-bond acceptors (Lipinski definition) is 4. The summed E-state index contributed by atoms with van der Waals surface area (Å²) in [4.78, 5) is 38.2. The first-order valence-corrected chi connectivity index (χ1v) is 10.7. The third kappa shape index (κ3) is 6.67. The average molecular weight is 445 g/mol. The smallest absolute Gasteiger partial charge is 0.258 e. The van der Waals surface area contributed by atoms with Crippen molar-refractivity contribution in [2.75, 3.05) is 34.4 Å². The molecule has 7 heteroatoms. The first kappa shape index (κ1) is 23.5. The van der Waals surface area contributed by atoms with Gasteiger partial charge in [0.25, 0.3) is 5.91 Å². The minimum Gasteiger partial charge on any atom is -0.376 e. The molecule has 0 aliphatic carbocycles. The maximum absolute atomic E-state index is 12.7. The Hall–Kier alpha value is -4.13. The quantitative estimate of drug-likeness (QED) is 0.473. The van der Waals surface area contributed by atoms with Gasteiger partial charge in [0.15, 0.2) is 0 Å². The lowest BCUT2D eigenvalue weighted by molar-refractivity contribution is -0.119. The van der Waals surface area contributed by atoms with Gasteiger partial charge in [0.05, 0.1) is 6.54 Å². The van der Waals surface area contributed by atoms with E-state index in [-0.39, 0.29) is 30.2 Å². The molecule has 0 unspecified atom stereocenters. The van der Waals surface area contributed by atoms with Crippen molar-refractivity contribution in [1.82, 2.24) is 0 Å². The molecule has 3 N–H and O–H groups in total. The number of carbonyl (C=O) groups is 3. The molecule has 3 amide bonds. The minimum atomic E-state index is -0.210. The normalized spacial score (nSPS) is 10.4. The number of hydrogen-bond donors (Lipinski definition) is 3. The molecule has 0 aliphatic heterocycles. The number of nitrogens with zero attached hydrogens (tertiary/aromatic N) is 1. The summed E-state index contributed by atoms with van der Waals surface area (Å²) in [5.41, 5.74) is 3.42. The number of benzene rings is 3. The number of nitrogens with one attached hydrogen (secondary N) is 3. The molecule has 0 bridgehead atoms. The molecular formula is C26H28N4O3. The van der Waals surface area contributed by atoms with Crippen LogP contribution in [0.5, 0.6) is 0 Å². The largest absolute Gasteiger partial charge is 0.376 e. The summed E-state index contributed by atoms with van der Waals surface area (Å²) < 4.78 is 0. The van der Waals surface area contributed by atoms with E-state index in [0.717, 1.165) is 11.4 Å². The minimum absolute atomic E-state index is 0.0598. The third-order valence-electron chi connectivity index (χ3n) is 4.99. The van der Waals surface area contributed by atoms with E-state index in [1.54, 1.807) is 60.5 Å². The lowest BCUT2D eigenvalue weighted by atomic mass is 10.1. The van der Waals surface area contributed by atoms with Crippen molar-refractivity contribution in [3.05, 3.63) is 84.4 Å². The van der Waals surface area contributed by atoms with Crippen molar-refractivity contribution >= 4 is 40.5 Å². The van der Waals surface area contributed by atoms with Gasteiger partial charge in [-0.1, -0.05) is 32.0 Å². The lowest BCUT2D eigenvalue weighted by Gasteiger charge is -2.17. The summed E-state index contributed by atoms with van der Waals surface area (Å²) in [5.74, 6) is -0.487. The molecule has 7 nitrogen and oxygen atoms in total. The fraction of sp³-hybridized carbons (Fsp3) is 0.192. The molecule has 3 rings (SSSR count). The van der Waals surface area contributed by atoms with Crippen molar-refractivity contribution in [3.63, 3.8) is 0 Å². The Bertz CT molecular complexity index is 1090. The number of para-hydroxylation sites is 1. The highest BCUT2D eigenvalue weighted by Crippen LogP contribution is 2.17. The Morgan fingerprint density at radius 3 is 1.88 bits per heavy atom. The van der Waals surface area contributed by atoms with Gasteiger partial charge in [0, 0.05) is 41.3 Å². The predicted molar refractivity (Wildman–Crippen MR) is 133 cm³/mol. The monoisotopic (exact) mass is 444 g/mol. The van der Waals surface area contributed by atoms with E-state index in [0.29, 0.717) is 16.9 Å². The van der Waals surface area contributed by atoms with Gasteiger partial charge in [0.1, 0.15) is 0 Å². The highest BCUT2D eigenvalue weighted by molar-refractivity contribution is 6.06. The van der Waals surface area contributed by atoms with Crippen LogP contribution in [0.25, 0.3) is 0 Å². The van der Waals surface area contributed by atoms with Gasteiger partial charge in [-0.15, -0.1) is 0 Å². The summed E-state index contributed by atoms with van der Waals surface area (Å²) in [6, 6.07) is 23.4. The molecule has 0 saturated heterocycles. The van der Waals surface area contributed by atoms with Crippen LogP contribution in [0.2, 0.25) is 0 Å². The van der Waals surface area contributed by atoms with Gasteiger partial charge >= 0.3 is 0 Å². The van der Waals surface area contributed by atoms with Crippen molar-refractivity contribution in [2.45, 2.75) is 13.8 Å². The Kier molecular flexibility index (Phi) is 7.81. The van der Waals surface area contributed by atoms with E-state index in [1.807, 2.05) is 44.2 Å². The fourth-order valence-corrected chi connectivity index (χ4v) is 3.00. The maximum atomic E-state index is 12.7. The topological polar surface area (TPSA) is 90.5 Å². The van der Waals surface area contributed by atoms with Crippen LogP contribution >= 0.6 is 0 Å². The molecular weight excluding hydrogens is 416 g/mol. The molecule has 33 heavy (non-hydrogen) atoms. The fourth-order valence-electron chi connectivity index (χ4n) is 3.00. The van der Waals surface area contributed by atoms with E-state index < -0.39 is 0 Å². The van der Waals surface area contributed by atoms with E-state index in [2.05, 4.69) is 16.0 Å². The lowest BCUT2D eigenvalue weighted by Crippen LogP contribution is -2.26. The van der Waals surface area contributed by atoms with Crippen molar-refractivity contribution in [2.24, 2.45) is 5.92 Å². The Morgan fingerprint density at radius 1 is 0.758 bits per heavy atom. The predicted octanol–water partition coefficient (Wildman–Crippen LogP) is 4.61. The maximum Gasteiger partial charge on any atom is 0.258 e. The molecule has 0 heterocycles. The third-order valence-corrected chi connectivity index (χ3v) is 4.99. The van der Waals surface area contributed by atoms with Crippen LogP contribution in [0, 0.1) is 5.92 Å². The molecule has 0 atom stereocenters. The second kappa shape index (κ2) is 10.9. The van der Waals surface area contributed by atoms with Crippen LogP contribution in [0.1, 0.15) is 24.2 Å². The summed E-state index contributed by atoms with van der Waals surface area (Å²) >= 11 is 0. The molecule has 3 aromatic carbocycles. The first-order valence-electron chi connectivity index (χ1n) is 10.7. The van der Waals surface area contributed by atoms with E-state index in [9.17, 15) is 14.4 Å². The number of carbonyl (C=O) groups excluding carboxylic acids is 3. The Labute approximate surface area is 193 Å². The van der Waals surface area contributed by atoms with Crippen molar-refractivity contribution in [1.29, 1.82) is 0 Å². The molecule has 3 aromatic rings. The van der Waals surface area contributed by atoms with Gasteiger partial charge in [-0.05, 0) is 60.7 Å². The van der Waals surface area contributed by atoms with E-state index in [1.165, 1.54) is 0 Å². The molecule has 0 saturated carbocycles. The second-order valence-electron chi connectivity index (χ2n) is 7.90. The molecule has 0 spiro atoms. The summed E-state index contributed by atoms with van der Waals surface area (Å²) in [6.07, 6.45) is 0. The molecule has 0 fully saturated rings. The zero-order valence-corrected chi connectivity index (χ0v) is 19.0. The number of anilines is 4. The summed E-state index contributed by atoms with van der Waals surface area (Å²) in [7, 11) is 1.74. The van der Waals surface area contributed by atoms with Crippen LogP contribution in [0.3, 0.4) is 0 Å². The van der Waals surface area contributed by atoms with Crippen LogP contribution in [0.15, 0.2) is 78.9 Å². The van der Waals surface area contributed by atoms with Gasteiger partial charge < -0.3 is 20.9 Å².